The van der Waals surface area contributed by atoms with Crippen molar-refractivity contribution in [3.63, 3.8) is 0 Å². The van der Waals surface area contributed by atoms with Crippen LogP contribution in [0.4, 0.5) is 0 Å². The van der Waals surface area contributed by atoms with E-state index in [4.69, 9.17) is 5.26 Å². The van der Waals surface area contributed by atoms with E-state index in [2.05, 4.69) is 10.2 Å². The van der Waals surface area contributed by atoms with E-state index in [0.717, 1.165) is 0 Å². The van der Waals surface area contributed by atoms with Crippen LogP contribution >= 0.6 is 0 Å². The van der Waals surface area contributed by atoms with Crippen molar-refractivity contribution in [1.82, 2.24) is 15.5 Å². The number of rotatable bonds is 1. The average molecular weight is 136 g/mol. The highest BCUT2D eigenvalue weighted by molar-refractivity contribution is 5.92. The van der Waals surface area contributed by atoms with Gasteiger partial charge in [0, 0.05) is 6.20 Å². The lowest BCUT2D eigenvalue weighted by atomic mass is 10.4. The van der Waals surface area contributed by atoms with Crippen LogP contribution in [-0.4, -0.2) is 16.1 Å². The van der Waals surface area contributed by atoms with Gasteiger partial charge in [0.2, 0.25) is 0 Å². The summed E-state index contributed by atoms with van der Waals surface area (Å²) in [4.78, 5) is 10.7. The van der Waals surface area contributed by atoms with E-state index in [9.17, 15) is 4.79 Å². The highest BCUT2D eigenvalue weighted by Crippen LogP contribution is 1.88. The molecule has 10 heavy (non-hydrogen) atoms. The van der Waals surface area contributed by atoms with Crippen LogP contribution < -0.4 is 5.32 Å². The number of H-pyrrole nitrogens is 1. The third-order valence-electron chi connectivity index (χ3n) is 0.915. The van der Waals surface area contributed by atoms with E-state index in [0.29, 0.717) is 0 Å². The maximum atomic E-state index is 10.7. The van der Waals surface area contributed by atoms with Crippen LogP contribution in [0.1, 0.15) is 10.5 Å². The number of hydrogen-bond donors (Lipinski definition) is 2. The highest BCUT2D eigenvalue weighted by Gasteiger charge is 2.03. The summed E-state index contributed by atoms with van der Waals surface area (Å²) in [6.07, 6.45) is 2.95. The van der Waals surface area contributed by atoms with Crippen molar-refractivity contribution in [2.24, 2.45) is 0 Å². The molecule has 0 aliphatic heterocycles. The van der Waals surface area contributed by atoms with Crippen LogP contribution in [0.25, 0.3) is 0 Å². The Morgan fingerprint density at radius 2 is 2.70 bits per heavy atom. The van der Waals surface area contributed by atoms with Gasteiger partial charge in [0.1, 0.15) is 5.69 Å². The zero-order chi connectivity index (χ0) is 7.40. The Balaban J connectivity index is 2.71. The first-order valence-electron chi connectivity index (χ1n) is 2.53. The van der Waals surface area contributed by atoms with Gasteiger partial charge >= 0.3 is 0 Å². The molecule has 0 bridgehead atoms. The predicted octanol–water partition coefficient (Wildman–Crippen LogP) is -0.379. The second-order valence-electron chi connectivity index (χ2n) is 1.54. The van der Waals surface area contributed by atoms with Gasteiger partial charge in [0.15, 0.2) is 6.19 Å². The second-order valence-corrected chi connectivity index (χ2v) is 1.54. The highest BCUT2D eigenvalue weighted by atomic mass is 16.1. The second kappa shape index (κ2) is 2.64. The Bertz CT molecular complexity index is 258. The van der Waals surface area contributed by atoms with Gasteiger partial charge in [-0.1, -0.05) is 0 Å². The summed E-state index contributed by atoms with van der Waals surface area (Å²) < 4.78 is 0. The molecule has 0 saturated heterocycles. The van der Waals surface area contributed by atoms with E-state index >= 15 is 0 Å². The number of nitriles is 1. The summed E-state index contributed by atoms with van der Waals surface area (Å²) in [7, 11) is 0. The summed E-state index contributed by atoms with van der Waals surface area (Å²) >= 11 is 0. The lowest BCUT2D eigenvalue weighted by Gasteiger charge is -1.88. The lowest BCUT2D eigenvalue weighted by molar-refractivity contribution is 0.0968. The third-order valence-corrected chi connectivity index (χ3v) is 0.915. The summed E-state index contributed by atoms with van der Waals surface area (Å²) in [6.45, 7) is 0. The van der Waals surface area contributed by atoms with E-state index in [1.165, 1.54) is 18.5 Å². The van der Waals surface area contributed by atoms with Crippen molar-refractivity contribution in [3.05, 3.63) is 18.0 Å². The van der Waals surface area contributed by atoms with Gasteiger partial charge in [-0.3, -0.25) is 15.2 Å². The number of aromatic amines is 1. The van der Waals surface area contributed by atoms with E-state index in [1.807, 2.05) is 5.32 Å². The van der Waals surface area contributed by atoms with Crippen LogP contribution in [0.5, 0.6) is 0 Å². The Kier molecular flexibility index (Phi) is 1.66. The van der Waals surface area contributed by atoms with Gasteiger partial charge in [-0.05, 0) is 6.07 Å². The quantitative estimate of drug-likeness (QED) is 0.408. The molecular formula is C5H4N4O. The summed E-state index contributed by atoms with van der Waals surface area (Å²) in [5, 5.41) is 15.9. The van der Waals surface area contributed by atoms with Crippen LogP contribution in [0.2, 0.25) is 0 Å². The van der Waals surface area contributed by atoms with E-state index < -0.39 is 5.91 Å². The molecule has 5 heteroatoms. The number of aromatic nitrogens is 2. The molecule has 1 aromatic rings. The molecule has 0 fully saturated rings. The number of carbonyl (C=O) groups excluding carboxylic acids is 1. The van der Waals surface area contributed by atoms with Crippen molar-refractivity contribution < 1.29 is 4.79 Å². The van der Waals surface area contributed by atoms with Gasteiger partial charge in [-0.2, -0.15) is 10.4 Å². The van der Waals surface area contributed by atoms with Crippen LogP contribution in [0, 0.1) is 11.5 Å². The Labute approximate surface area is 56.7 Å². The molecule has 0 spiro atoms. The molecule has 0 unspecified atom stereocenters. The zero-order valence-corrected chi connectivity index (χ0v) is 4.96. The maximum absolute atomic E-state index is 10.7. The predicted molar refractivity (Wildman–Crippen MR) is 31.7 cm³/mol. The van der Waals surface area contributed by atoms with E-state index in [-0.39, 0.29) is 5.69 Å². The topological polar surface area (TPSA) is 81.6 Å². The molecule has 1 aromatic heterocycles. The number of carbonyl (C=O) groups is 1. The fourth-order valence-electron chi connectivity index (χ4n) is 0.500. The molecule has 1 amide bonds. The van der Waals surface area contributed by atoms with Crippen molar-refractivity contribution in [3.8, 4) is 6.19 Å². The molecule has 5 nitrogen and oxygen atoms in total. The Morgan fingerprint density at radius 1 is 1.90 bits per heavy atom. The average Bonchev–Trinajstić information content (AvgIpc) is 2.38. The van der Waals surface area contributed by atoms with Gasteiger partial charge in [-0.15, -0.1) is 0 Å². The minimum atomic E-state index is -0.472. The minimum Gasteiger partial charge on any atom is -0.273 e. The largest absolute Gasteiger partial charge is 0.282 e. The Morgan fingerprint density at radius 3 is 3.20 bits per heavy atom. The molecule has 1 heterocycles. The molecule has 0 aliphatic rings. The summed E-state index contributed by atoms with van der Waals surface area (Å²) in [6, 6.07) is 1.48. The minimum absolute atomic E-state index is 0.279. The van der Waals surface area contributed by atoms with Crippen molar-refractivity contribution in [2.75, 3.05) is 0 Å². The Hall–Kier alpha value is -1.83. The van der Waals surface area contributed by atoms with Crippen molar-refractivity contribution in [2.45, 2.75) is 0 Å². The smallest absolute Gasteiger partial charge is 0.273 e. The molecule has 0 aliphatic carbocycles. The normalized spacial score (nSPS) is 8.30. The number of hydrogen-bond acceptors (Lipinski definition) is 3. The molecule has 0 saturated carbocycles. The molecule has 2 N–H and O–H groups in total. The third kappa shape index (κ3) is 1.11. The summed E-state index contributed by atoms with van der Waals surface area (Å²) in [5.41, 5.74) is 0.279. The molecule has 1 rings (SSSR count). The fraction of sp³-hybridized carbons (Fsp3) is 0. The number of nitrogens with one attached hydrogen (secondary N) is 2. The van der Waals surface area contributed by atoms with E-state index in [1.54, 1.807) is 0 Å². The number of nitrogens with zero attached hydrogens (tertiary/aromatic N) is 2. The monoisotopic (exact) mass is 136 g/mol. The zero-order valence-electron chi connectivity index (χ0n) is 4.96. The van der Waals surface area contributed by atoms with Crippen molar-refractivity contribution >= 4 is 5.91 Å². The van der Waals surface area contributed by atoms with Crippen LogP contribution in [0.3, 0.4) is 0 Å². The van der Waals surface area contributed by atoms with Gasteiger partial charge < -0.3 is 0 Å². The molecular weight excluding hydrogens is 132 g/mol. The fourth-order valence-corrected chi connectivity index (χ4v) is 0.500. The first-order valence-corrected chi connectivity index (χ1v) is 2.53. The molecule has 0 atom stereocenters. The van der Waals surface area contributed by atoms with Crippen LogP contribution in [0.15, 0.2) is 12.3 Å². The van der Waals surface area contributed by atoms with Gasteiger partial charge in [0.25, 0.3) is 5.91 Å². The number of amides is 1. The van der Waals surface area contributed by atoms with Crippen LogP contribution in [-0.2, 0) is 0 Å². The standard InChI is InChI=1S/C5H4N4O/c6-3-7-5(10)4-1-2-8-9-4/h1-2H,(H,7,10)(H,8,9). The first kappa shape index (κ1) is 6.29. The summed E-state index contributed by atoms with van der Waals surface area (Å²) in [5.74, 6) is -0.472. The molecule has 0 radical (unpaired) electrons. The molecule has 50 valence electrons. The van der Waals surface area contributed by atoms with Gasteiger partial charge in [-0.25, -0.2) is 0 Å². The first-order chi connectivity index (χ1) is 4.84. The maximum Gasteiger partial charge on any atom is 0.282 e. The van der Waals surface area contributed by atoms with Gasteiger partial charge in [0.05, 0.1) is 0 Å². The SMILES string of the molecule is N#CNC(=O)c1ccn[nH]1. The lowest BCUT2D eigenvalue weighted by Crippen LogP contribution is -2.17. The van der Waals surface area contributed by atoms with Crippen molar-refractivity contribution in [1.29, 1.82) is 5.26 Å². The molecule has 0 aromatic carbocycles.